The Kier molecular flexibility index (Phi) is 10.9. The van der Waals surface area contributed by atoms with Gasteiger partial charge in [-0.15, -0.1) is 0 Å². The summed E-state index contributed by atoms with van der Waals surface area (Å²) in [4.78, 5) is 37.1. The smallest absolute Gasteiger partial charge is 0.226 e. The van der Waals surface area contributed by atoms with Crippen molar-refractivity contribution in [1.82, 2.24) is 29.8 Å². The van der Waals surface area contributed by atoms with Crippen LogP contribution in [-0.2, 0) is 32.5 Å². The molecule has 2 amide bonds. The van der Waals surface area contributed by atoms with Crippen molar-refractivity contribution in [2.24, 2.45) is 5.41 Å². The van der Waals surface area contributed by atoms with Crippen LogP contribution in [-0.4, -0.2) is 91.5 Å². The number of sulfonamides is 1. The van der Waals surface area contributed by atoms with Gasteiger partial charge in [-0.1, -0.05) is 24.6 Å². The van der Waals surface area contributed by atoms with Crippen LogP contribution < -0.4 is 15.4 Å². The number of hydrogen-bond donors (Lipinski definition) is 2. The number of fused-ring (bicyclic) bond motifs is 1. The number of nitrogens with one attached hydrogen (secondary N) is 2. The molecule has 1 unspecified atom stereocenters. The average molecular weight is 627 g/mol. The molecule has 240 valence electrons. The van der Waals surface area contributed by atoms with E-state index in [9.17, 15) is 18.0 Å². The van der Waals surface area contributed by atoms with E-state index < -0.39 is 10.0 Å². The Morgan fingerprint density at radius 1 is 1.09 bits per heavy atom. The van der Waals surface area contributed by atoms with Crippen LogP contribution in [0.1, 0.15) is 74.4 Å². The zero-order valence-electron chi connectivity index (χ0n) is 25.8. The zero-order valence-corrected chi connectivity index (χ0v) is 26.6. The quantitative estimate of drug-likeness (QED) is 0.457. The highest BCUT2D eigenvalue weighted by molar-refractivity contribution is 7.88. The monoisotopic (exact) mass is 626 g/mol. The van der Waals surface area contributed by atoms with Crippen LogP contribution in [0.4, 0.5) is 0 Å². The highest BCUT2D eigenvalue weighted by Gasteiger charge is 2.40. The Morgan fingerprint density at radius 3 is 2.68 bits per heavy atom. The number of carbonyl (C=O) groups excluding carboxylic acids is 2. The summed E-state index contributed by atoms with van der Waals surface area (Å²) in [6.07, 6.45) is 12.4. The first-order chi connectivity index (χ1) is 21.2. The van der Waals surface area contributed by atoms with E-state index in [1.54, 1.807) is 12.4 Å². The lowest BCUT2D eigenvalue weighted by Gasteiger charge is -2.41. The zero-order chi connectivity index (χ0) is 31.0. The van der Waals surface area contributed by atoms with E-state index in [-0.39, 0.29) is 23.3 Å². The van der Waals surface area contributed by atoms with Crippen LogP contribution in [0, 0.1) is 5.41 Å². The highest BCUT2D eigenvalue weighted by atomic mass is 32.2. The summed E-state index contributed by atoms with van der Waals surface area (Å²) in [5, 5.41) is 6.16. The van der Waals surface area contributed by atoms with E-state index in [0.29, 0.717) is 50.5 Å². The lowest BCUT2D eigenvalue weighted by atomic mass is 9.73. The fraction of sp³-hybridized carbons (Fsp3) is 0.625. The molecule has 1 spiro atoms. The summed E-state index contributed by atoms with van der Waals surface area (Å²) in [6.45, 7) is 4.45. The van der Waals surface area contributed by atoms with Crippen LogP contribution in [0.2, 0.25) is 0 Å². The number of ether oxygens (including phenoxy) is 1. The summed E-state index contributed by atoms with van der Waals surface area (Å²) in [6, 6.07) is 7.91. The van der Waals surface area contributed by atoms with E-state index in [2.05, 4.69) is 37.6 Å². The van der Waals surface area contributed by atoms with Crippen LogP contribution in [0.5, 0.6) is 5.75 Å². The maximum atomic E-state index is 13.3. The standard InChI is InChI=1S/C32H46N6O5S/c1-44(41,42)38-18-6-9-28(38)27-24-35-26(23-36-27)11-12-30(39)33-16-21-37-19-14-32(15-20-37)13-5-4-8-25-7-2-3-10-29(25)43-22-17-34-31(32)40/h2-3,7,10,23-24,28H,4-6,8-9,11-22H2,1H3,(H,33,39)(H,34,40). The predicted octanol–water partition coefficient (Wildman–Crippen LogP) is 2.63. The van der Waals surface area contributed by atoms with Crippen molar-refractivity contribution in [3.63, 3.8) is 0 Å². The Balaban J connectivity index is 1.02. The minimum atomic E-state index is -3.29. The van der Waals surface area contributed by atoms with Crippen LogP contribution in [0.15, 0.2) is 36.7 Å². The van der Waals surface area contributed by atoms with Crippen molar-refractivity contribution < 1.29 is 22.7 Å². The molecule has 11 nitrogen and oxygen atoms in total. The molecule has 4 heterocycles. The molecule has 0 saturated carbocycles. The van der Waals surface area contributed by atoms with Gasteiger partial charge in [-0.05, 0) is 76.1 Å². The number of aromatic nitrogens is 2. The number of amides is 2. The van der Waals surface area contributed by atoms with Gasteiger partial charge in [-0.3, -0.25) is 19.6 Å². The first-order valence-electron chi connectivity index (χ1n) is 16.0. The summed E-state index contributed by atoms with van der Waals surface area (Å²) in [7, 11) is -3.29. The van der Waals surface area contributed by atoms with Gasteiger partial charge < -0.3 is 20.3 Å². The van der Waals surface area contributed by atoms with Crippen LogP contribution in [0.3, 0.4) is 0 Å². The molecular formula is C32H46N6O5S. The Hall–Kier alpha value is -3.09. The van der Waals surface area contributed by atoms with Gasteiger partial charge in [0.05, 0.1) is 41.8 Å². The summed E-state index contributed by atoms with van der Waals surface area (Å²) >= 11 is 0. The third-order valence-electron chi connectivity index (χ3n) is 9.32. The van der Waals surface area contributed by atoms with Crippen molar-refractivity contribution in [3.8, 4) is 5.75 Å². The van der Waals surface area contributed by atoms with Gasteiger partial charge in [0, 0.05) is 32.3 Å². The number of likely N-dealkylation sites (tertiary alicyclic amines) is 1. The number of aryl methyl sites for hydroxylation is 2. The van der Waals surface area contributed by atoms with E-state index in [1.165, 1.54) is 16.1 Å². The fourth-order valence-electron chi connectivity index (χ4n) is 6.72. The largest absolute Gasteiger partial charge is 0.491 e. The Bertz CT molecular complexity index is 1380. The topological polar surface area (TPSA) is 134 Å². The van der Waals surface area contributed by atoms with Gasteiger partial charge >= 0.3 is 0 Å². The second kappa shape index (κ2) is 14.8. The third-order valence-corrected chi connectivity index (χ3v) is 10.6. The predicted molar refractivity (Wildman–Crippen MR) is 167 cm³/mol. The Morgan fingerprint density at radius 2 is 1.91 bits per heavy atom. The van der Waals surface area contributed by atoms with Crippen molar-refractivity contribution in [1.29, 1.82) is 0 Å². The minimum absolute atomic E-state index is 0.0362. The van der Waals surface area contributed by atoms with E-state index in [4.69, 9.17) is 4.74 Å². The second-order valence-electron chi connectivity index (χ2n) is 12.4. The molecule has 1 aromatic carbocycles. The summed E-state index contributed by atoms with van der Waals surface area (Å²) in [5.74, 6) is 1.03. The maximum Gasteiger partial charge on any atom is 0.226 e. The number of para-hydroxylation sites is 1. The molecule has 0 radical (unpaired) electrons. The first-order valence-corrected chi connectivity index (χ1v) is 17.8. The number of hydrogen-bond acceptors (Lipinski definition) is 8. The molecule has 2 N–H and O–H groups in total. The van der Waals surface area contributed by atoms with Gasteiger partial charge in [0.1, 0.15) is 12.4 Å². The first kappa shape index (κ1) is 32.3. The SMILES string of the molecule is CS(=O)(=O)N1CCCC1c1cnc(CCC(=O)NCCN2CCC3(CCCCc4ccccc4OCCNC3=O)CC2)cn1. The van der Waals surface area contributed by atoms with E-state index in [1.807, 2.05) is 12.1 Å². The van der Waals surface area contributed by atoms with E-state index in [0.717, 1.165) is 76.8 Å². The molecule has 0 bridgehead atoms. The molecule has 1 aromatic heterocycles. The van der Waals surface area contributed by atoms with Crippen molar-refractivity contribution in [2.45, 2.75) is 70.3 Å². The maximum absolute atomic E-state index is 13.3. The molecule has 3 aliphatic rings. The minimum Gasteiger partial charge on any atom is -0.491 e. The van der Waals surface area contributed by atoms with Gasteiger partial charge in [0.15, 0.2) is 0 Å². The average Bonchev–Trinajstić information content (AvgIpc) is 3.53. The highest BCUT2D eigenvalue weighted by Crippen LogP contribution is 2.38. The molecule has 3 aliphatic heterocycles. The molecule has 44 heavy (non-hydrogen) atoms. The van der Waals surface area contributed by atoms with Gasteiger partial charge in [-0.2, -0.15) is 4.31 Å². The number of benzene rings is 1. The van der Waals surface area contributed by atoms with Gasteiger partial charge in [0.25, 0.3) is 0 Å². The van der Waals surface area contributed by atoms with Crippen LogP contribution in [0.25, 0.3) is 0 Å². The normalized spacial score (nSPS) is 21.8. The molecule has 1 atom stereocenters. The van der Waals surface area contributed by atoms with Crippen molar-refractivity contribution in [2.75, 3.05) is 52.1 Å². The van der Waals surface area contributed by atoms with Crippen LogP contribution >= 0.6 is 0 Å². The summed E-state index contributed by atoms with van der Waals surface area (Å²) < 4.78 is 31.5. The van der Waals surface area contributed by atoms with E-state index >= 15 is 0 Å². The lowest BCUT2D eigenvalue weighted by Crippen LogP contribution is -2.50. The Labute approximate surface area is 261 Å². The second-order valence-corrected chi connectivity index (χ2v) is 14.3. The number of carbonyl (C=O) groups is 2. The number of nitrogens with zero attached hydrogens (tertiary/aromatic N) is 4. The molecule has 5 rings (SSSR count). The van der Waals surface area contributed by atoms with Crippen molar-refractivity contribution >= 4 is 21.8 Å². The summed E-state index contributed by atoms with van der Waals surface area (Å²) in [5.41, 5.74) is 2.26. The lowest BCUT2D eigenvalue weighted by molar-refractivity contribution is -0.134. The number of piperidine rings is 1. The fourth-order valence-corrected chi connectivity index (χ4v) is 7.86. The molecule has 2 saturated heterocycles. The molecule has 0 aliphatic carbocycles. The molecule has 12 heteroatoms. The van der Waals surface area contributed by atoms with Gasteiger partial charge in [0.2, 0.25) is 21.8 Å². The molecular weight excluding hydrogens is 580 g/mol. The van der Waals surface area contributed by atoms with Crippen molar-refractivity contribution in [3.05, 3.63) is 53.6 Å². The molecule has 2 aromatic rings. The molecule has 2 fully saturated rings. The number of rotatable bonds is 8. The van der Waals surface area contributed by atoms with Gasteiger partial charge in [-0.25, -0.2) is 8.42 Å². The third kappa shape index (κ3) is 8.33.